The van der Waals surface area contributed by atoms with Crippen molar-refractivity contribution in [3.8, 4) is 0 Å². The number of carbonyl (C=O) groups excluding carboxylic acids is 2. The summed E-state index contributed by atoms with van der Waals surface area (Å²) in [5.41, 5.74) is 0.560. The minimum Gasteiger partial charge on any atom is -0.348 e. The van der Waals surface area contributed by atoms with Gasteiger partial charge in [0.05, 0.1) is 12.5 Å². The Morgan fingerprint density at radius 1 is 1.12 bits per heavy atom. The molecule has 1 aromatic carbocycles. The summed E-state index contributed by atoms with van der Waals surface area (Å²) in [6.45, 7) is 7.58. The first kappa shape index (κ1) is 18.5. The van der Waals surface area contributed by atoms with Crippen molar-refractivity contribution in [3.05, 3.63) is 35.9 Å². The summed E-state index contributed by atoms with van der Waals surface area (Å²) in [6, 6.07) is 9.54. The van der Waals surface area contributed by atoms with Gasteiger partial charge in [0.1, 0.15) is 0 Å². The smallest absolute Gasteiger partial charge is 0.226 e. The fraction of sp³-hybridized carbons (Fsp3) is 0.600. The van der Waals surface area contributed by atoms with Gasteiger partial charge in [0, 0.05) is 18.5 Å². The number of piperidine rings is 1. The third kappa shape index (κ3) is 4.83. The molecular formula is C20H30N2O2. The minimum absolute atomic E-state index is 0.00490. The Morgan fingerprint density at radius 3 is 2.33 bits per heavy atom. The summed E-state index contributed by atoms with van der Waals surface area (Å²) in [6.07, 6.45) is 4.46. The van der Waals surface area contributed by atoms with E-state index in [9.17, 15) is 9.59 Å². The number of hydrogen-bond donors (Lipinski definition) is 1. The second-order valence-corrected chi connectivity index (χ2v) is 7.32. The molecule has 132 valence electrons. The molecule has 0 unspecified atom stereocenters. The lowest BCUT2D eigenvalue weighted by molar-refractivity contribution is -0.134. The summed E-state index contributed by atoms with van der Waals surface area (Å²) in [4.78, 5) is 27.2. The zero-order valence-electron chi connectivity index (χ0n) is 15.2. The average Bonchev–Trinajstić information content (AvgIpc) is 2.62. The van der Waals surface area contributed by atoms with Gasteiger partial charge in [-0.3, -0.25) is 9.59 Å². The molecule has 4 nitrogen and oxygen atoms in total. The Bertz CT molecular complexity index is 548. The molecule has 24 heavy (non-hydrogen) atoms. The van der Waals surface area contributed by atoms with Crippen molar-refractivity contribution in [2.24, 2.45) is 5.41 Å². The van der Waals surface area contributed by atoms with E-state index in [1.165, 1.54) is 6.42 Å². The van der Waals surface area contributed by atoms with E-state index in [0.717, 1.165) is 37.9 Å². The highest BCUT2D eigenvalue weighted by Crippen LogP contribution is 2.24. The molecule has 0 bridgehead atoms. The minimum atomic E-state index is -0.429. The quantitative estimate of drug-likeness (QED) is 0.865. The van der Waals surface area contributed by atoms with E-state index in [2.05, 4.69) is 5.32 Å². The SMILES string of the molecule is CCC(C)(C)C(=O)N[C@@H](CC(=O)N1CCCCC1)c1ccccc1. The van der Waals surface area contributed by atoms with Gasteiger partial charge in [0.25, 0.3) is 0 Å². The fourth-order valence-electron chi connectivity index (χ4n) is 2.90. The van der Waals surface area contributed by atoms with Gasteiger partial charge in [0.2, 0.25) is 11.8 Å². The van der Waals surface area contributed by atoms with Crippen molar-refractivity contribution in [3.63, 3.8) is 0 Å². The van der Waals surface area contributed by atoms with Crippen molar-refractivity contribution in [2.75, 3.05) is 13.1 Å². The van der Waals surface area contributed by atoms with Gasteiger partial charge in [0.15, 0.2) is 0 Å². The van der Waals surface area contributed by atoms with E-state index in [4.69, 9.17) is 0 Å². The molecule has 0 spiro atoms. The maximum Gasteiger partial charge on any atom is 0.226 e. The standard InChI is InChI=1S/C20H30N2O2/c1-4-20(2,3)19(24)21-17(16-11-7-5-8-12-16)15-18(23)22-13-9-6-10-14-22/h5,7-8,11-12,17H,4,6,9-10,13-15H2,1-3H3,(H,21,24)/t17-/m0/s1. The average molecular weight is 330 g/mol. The third-order valence-corrected chi connectivity index (χ3v) is 5.09. The second kappa shape index (κ2) is 8.32. The van der Waals surface area contributed by atoms with Crippen LogP contribution in [0.25, 0.3) is 0 Å². The topological polar surface area (TPSA) is 49.4 Å². The fourth-order valence-corrected chi connectivity index (χ4v) is 2.90. The van der Waals surface area contributed by atoms with Crippen molar-refractivity contribution < 1.29 is 9.59 Å². The van der Waals surface area contributed by atoms with Crippen LogP contribution in [0.3, 0.4) is 0 Å². The van der Waals surface area contributed by atoms with Gasteiger partial charge in [-0.1, -0.05) is 51.1 Å². The van der Waals surface area contributed by atoms with Crippen LogP contribution in [-0.4, -0.2) is 29.8 Å². The number of hydrogen-bond acceptors (Lipinski definition) is 2. The second-order valence-electron chi connectivity index (χ2n) is 7.32. The highest BCUT2D eigenvalue weighted by molar-refractivity contribution is 5.83. The largest absolute Gasteiger partial charge is 0.348 e. The molecular weight excluding hydrogens is 300 g/mol. The number of carbonyl (C=O) groups is 2. The number of benzene rings is 1. The van der Waals surface area contributed by atoms with Crippen molar-refractivity contribution in [1.82, 2.24) is 10.2 Å². The molecule has 1 fully saturated rings. The molecule has 0 aliphatic carbocycles. The Labute approximate surface area is 145 Å². The van der Waals surface area contributed by atoms with Crippen LogP contribution < -0.4 is 5.32 Å². The van der Waals surface area contributed by atoms with Crippen molar-refractivity contribution in [1.29, 1.82) is 0 Å². The highest BCUT2D eigenvalue weighted by atomic mass is 16.2. The summed E-state index contributed by atoms with van der Waals surface area (Å²) >= 11 is 0. The lowest BCUT2D eigenvalue weighted by Crippen LogP contribution is -2.42. The molecule has 0 radical (unpaired) electrons. The molecule has 1 aliphatic rings. The Hall–Kier alpha value is -1.84. The third-order valence-electron chi connectivity index (χ3n) is 5.09. The summed E-state index contributed by atoms with van der Waals surface area (Å²) in [5, 5.41) is 3.11. The molecule has 0 aromatic heterocycles. The summed E-state index contributed by atoms with van der Waals surface area (Å²) in [7, 11) is 0. The van der Waals surface area contributed by atoms with E-state index < -0.39 is 5.41 Å². The molecule has 1 heterocycles. The number of likely N-dealkylation sites (tertiary alicyclic amines) is 1. The van der Waals surface area contributed by atoms with Crippen LogP contribution in [0, 0.1) is 5.41 Å². The number of amides is 2. The Kier molecular flexibility index (Phi) is 6.41. The van der Waals surface area contributed by atoms with Crippen LogP contribution in [0.2, 0.25) is 0 Å². The molecule has 1 N–H and O–H groups in total. The van der Waals surface area contributed by atoms with E-state index in [1.807, 2.05) is 56.0 Å². The molecule has 2 rings (SSSR count). The number of nitrogens with one attached hydrogen (secondary N) is 1. The van der Waals surface area contributed by atoms with E-state index in [1.54, 1.807) is 0 Å². The molecule has 0 saturated carbocycles. The molecule has 2 amide bonds. The van der Waals surface area contributed by atoms with E-state index in [0.29, 0.717) is 6.42 Å². The van der Waals surface area contributed by atoms with Crippen LogP contribution in [0.5, 0.6) is 0 Å². The summed E-state index contributed by atoms with van der Waals surface area (Å²) < 4.78 is 0. The van der Waals surface area contributed by atoms with Crippen LogP contribution >= 0.6 is 0 Å². The van der Waals surface area contributed by atoms with Crippen LogP contribution in [0.15, 0.2) is 30.3 Å². The Balaban J connectivity index is 2.11. The van der Waals surface area contributed by atoms with Crippen LogP contribution in [-0.2, 0) is 9.59 Å². The molecule has 1 saturated heterocycles. The molecule has 1 aromatic rings. The van der Waals surface area contributed by atoms with Gasteiger partial charge in [-0.05, 0) is 31.2 Å². The molecule has 1 aliphatic heterocycles. The Morgan fingerprint density at radius 2 is 1.75 bits per heavy atom. The van der Waals surface area contributed by atoms with Crippen LogP contribution in [0.4, 0.5) is 0 Å². The zero-order valence-corrected chi connectivity index (χ0v) is 15.2. The van der Waals surface area contributed by atoms with Gasteiger partial charge in [-0.2, -0.15) is 0 Å². The predicted octanol–water partition coefficient (Wildman–Crippen LogP) is 3.68. The van der Waals surface area contributed by atoms with Gasteiger partial charge < -0.3 is 10.2 Å². The normalized spacial score (nSPS) is 16.5. The zero-order chi connectivity index (χ0) is 17.6. The summed E-state index contributed by atoms with van der Waals surface area (Å²) in [5.74, 6) is 0.142. The monoisotopic (exact) mass is 330 g/mol. The van der Waals surface area contributed by atoms with Crippen molar-refractivity contribution >= 4 is 11.8 Å². The van der Waals surface area contributed by atoms with Crippen LogP contribution in [0.1, 0.15) is 64.5 Å². The molecule has 4 heteroatoms. The first-order valence-corrected chi connectivity index (χ1v) is 9.07. The lowest BCUT2D eigenvalue weighted by atomic mass is 9.88. The van der Waals surface area contributed by atoms with Crippen molar-refractivity contribution in [2.45, 2.75) is 58.9 Å². The van der Waals surface area contributed by atoms with E-state index >= 15 is 0 Å². The first-order valence-electron chi connectivity index (χ1n) is 9.07. The van der Waals surface area contributed by atoms with E-state index in [-0.39, 0.29) is 17.9 Å². The van der Waals surface area contributed by atoms with Gasteiger partial charge >= 0.3 is 0 Å². The predicted molar refractivity (Wildman–Crippen MR) is 96.4 cm³/mol. The number of nitrogens with zero attached hydrogens (tertiary/aromatic N) is 1. The molecule has 1 atom stereocenters. The maximum atomic E-state index is 12.7. The van der Waals surface area contributed by atoms with Gasteiger partial charge in [-0.25, -0.2) is 0 Å². The first-order chi connectivity index (χ1) is 11.4. The maximum absolute atomic E-state index is 12.7. The lowest BCUT2D eigenvalue weighted by Gasteiger charge is -2.30. The number of rotatable bonds is 6. The van der Waals surface area contributed by atoms with Gasteiger partial charge in [-0.15, -0.1) is 0 Å². The highest BCUT2D eigenvalue weighted by Gasteiger charge is 2.29.